The highest BCUT2D eigenvalue weighted by Gasteiger charge is 2.04. The third kappa shape index (κ3) is 1.59. The van der Waals surface area contributed by atoms with Crippen molar-refractivity contribution in [3.63, 3.8) is 0 Å². The molecule has 0 radical (unpaired) electrons. The first-order chi connectivity index (χ1) is 5.15. The predicted molar refractivity (Wildman–Crippen MR) is 42.9 cm³/mol. The smallest absolute Gasteiger partial charge is 0.267 e. The van der Waals surface area contributed by atoms with Crippen LogP contribution in [0.4, 0.5) is 5.82 Å². The van der Waals surface area contributed by atoms with E-state index in [2.05, 4.69) is 0 Å². The second-order valence-corrected chi connectivity index (χ2v) is 2.89. The molecule has 1 unspecified atom stereocenters. The van der Waals surface area contributed by atoms with Gasteiger partial charge >= 0.3 is 0 Å². The molecular weight excluding hydrogens is 166 g/mol. The van der Waals surface area contributed by atoms with Crippen LogP contribution in [0, 0.1) is 0 Å². The molecule has 0 aliphatic heterocycles. The molecule has 1 heterocycles. The van der Waals surface area contributed by atoms with Crippen molar-refractivity contribution in [3.8, 4) is 0 Å². The molecule has 1 aromatic rings. The van der Waals surface area contributed by atoms with E-state index in [4.69, 9.17) is 16.0 Å². The number of nitrogens with two attached hydrogens (primary N) is 2. The summed E-state index contributed by atoms with van der Waals surface area (Å²) < 4.78 is 20.2. The summed E-state index contributed by atoms with van der Waals surface area (Å²) in [6.45, 7) is 0.314. The van der Waals surface area contributed by atoms with E-state index in [0.29, 0.717) is 6.54 Å². The Balaban J connectivity index is 3.07. The summed E-state index contributed by atoms with van der Waals surface area (Å²) in [6.07, 6.45) is 1.45. The van der Waals surface area contributed by atoms with Crippen LogP contribution < -0.4 is 11.5 Å². The van der Waals surface area contributed by atoms with Gasteiger partial charge in [-0.25, -0.2) is 8.18 Å². The van der Waals surface area contributed by atoms with Gasteiger partial charge in [-0.1, -0.05) is 0 Å². The van der Waals surface area contributed by atoms with Crippen LogP contribution in [0.3, 0.4) is 0 Å². The molecule has 0 saturated heterocycles. The summed E-state index contributed by atoms with van der Waals surface area (Å²) in [5.74, 6) is 0.242. The van der Waals surface area contributed by atoms with Crippen molar-refractivity contribution in [1.82, 2.24) is 3.97 Å². The molecule has 0 aliphatic rings. The topological polar surface area (TPSA) is 94.3 Å². The Labute approximate surface area is 66.4 Å². The van der Waals surface area contributed by atoms with Crippen molar-refractivity contribution in [1.29, 1.82) is 0 Å². The summed E-state index contributed by atoms with van der Waals surface area (Å²) >= 11 is -2.09. The molecule has 0 aromatic carbocycles. The first kappa shape index (κ1) is 8.25. The molecule has 5 N–H and O–H groups in total. The van der Waals surface area contributed by atoms with E-state index in [1.807, 2.05) is 0 Å². The molecule has 0 amide bonds. The van der Waals surface area contributed by atoms with Crippen LogP contribution in [0.25, 0.3) is 0 Å². The van der Waals surface area contributed by atoms with E-state index >= 15 is 0 Å². The highest BCUT2D eigenvalue weighted by molar-refractivity contribution is 7.77. The Hall–Kier alpha value is -0.850. The van der Waals surface area contributed by atoms with Crippen LogP contribution in [0.2, 0.25) is 0 Å². The van der Waals surface area contributed by atoms with Gasteiger partial charge in [-0.15, -0.1) is 0 Å². The number of nitrogens with zero attached hydrogens (tertiary/aromatic N) is 1. The summed E-state index contributed by atoms with van der Waals surface area (Å²) in [4.78, 5) is 0. The minimum Gasteiger partial charge on any atom is -0.384 e. The Kier molecular flexibility index (Phi) is 2.28. The quantitative estimate of drug-likeness (QED) is 0.529. The molecule has 1 aromatic heterocycles. The van der Waals surface area contributed by atoms with Crippen LogP contribution >= 0.6 is 0 Å². The average molecular weight is 175 g/mol. The Morgan fingerprint density at radius 2 is 2.36 bits per heavy atom. The molecule has 62 valence electrons. The first-order valence-corrected chi connectivity index (χ1v) is 3.99. The molecule has 1 rings (SSSR count). The molecule has 0 saturated carbocycles. The minimum absolute atomic E-state index is 0.242. The zero-order valence-corrected chi connectivity index (χ0v) is 6.54. The van der Waals surface area contributed by atoms with Gasteiger partial charge in [0.15, 0.2) is 0 Å². The number of hydrogen-bond donors (Lipinski definition) is 3. The second kappa shape index (κ2) is 3.04. The predicted octanol–water partition coefficient (Wildman–Crippen LogP) is -0.486. The van der Waals surface area contributed by atoms with Crippen LogP contribution in [0.1, 0.15) is 5.56 Å². The van der Waals surface area contributed by atoms with Crippen LogP contribution in [0.15, 0.2) is 12.3 Å². The van der Waals surface area contributed by atoms with Gasteiger partial charge in [0.2, 0.25) is 0 Å². The largest absolute Gasteiger partial charge is 0.384 e. The van der Waals surface area contributed by atoms with Crippen LogP contribution in [-0.4, -0.2) is 12.7 Å². The lowest BCUT2D eigenvalue weighted by molar-refractivity contribution is 0.555. The lowest BCUT2D eigenvalue weighted by atomic mass is 10.3. The standard InChI is InChI=1S/C5H9N3O2S/c6-2-4-1-5(7)8(3-4)11(9)10/h1,3H,2,6-7H2,(H,9,10). The zero-order valence-electron chi connectivity index (χ0n) is 5.73. The molecule has 5 nitrogen and oxygen atoms in total. The average Bonchev–Trinajstić information content (AvgIpc) is 2.30. The van der Waals surface area contributed by atoms with Crippen molar-refractivity contribution in [2.45, 2.75) is 6.54 Å². The number of nitrogen functional groups attached to an aromatic ring is 1. The number of hydrogen-bond acceptors (Lipinski definition) is 3. The summed E-state index contributed by atoms with van der Waals surface area (Å²) in [6, 6.07) is 1.56. The number of aromatic nitrogens is 1. The third-order valence-electron chi connectivity index (χ3n) is 1.27. The van der Waals surface area contributed by atoms with E-state index in [0.717, 1.165) is 9.54 Å². The summed E-state index contributed by atoms with van der Waals surface area (Å²) in [7, 11) is 0. The highest BCUT2D eigenvalue weighted by Crippen LogP contribution is 2.09. The fourth-order valence-corrected chi connectivity index (χ4v) is 1.22. The number of anilines is 1. The van der Waals surface area contributed by atoms with Crippen LogP contribution in [0.5, 0.6) is 0 Å². The number of rotatable bonds is 2. The molecular formula is C5H9N3O2S. The molecule has 6 heteroatoms. The molecule has 0 fully saturated rings. The SMILES string of the molecule is NCc1cc(N)n(S(=O)O)c1. The van der Waals surface area contributed by atoms with Crippen molar-refractivity contribution < 1.29 is 8.76 Å². The fraction of sp³-hybridized carbons (Fsp3) is 0.200. The fourth-order valence-electron chi connectivity index (χ4n) is 0.763. The lowest BCUT2D eigenvalue weighted by Gasteiger charge is -1.95. The molecule has 0 aliphatic carbocycles. The maximum atomic E-state index is 10.5. The van der Waals surface area contributed by atoms with E-state index in [1.54, 1.807) is 6.07 Å². The molecule has 1 atom stereocenters. The van der Waals surface area contributed by atoms with E-state index in [1.165, 1.54) is 6.20 Å². The van der Waals surface area contributed by atoms with Gasteiger partial charge in [0.1, 0.15) is 5.82 Å². The van der Waals surface area contributed by atoms with Gasteiger partial charge < -0.3 is 11.5 Å². The van der Waals surface area contributed by atoms with Crippen molar-refractivity contribution >= 4 is 17.1 Å². The second-order valence-electron chi connectivity index (χ2n) is 2.03. The van der Waals surface area contributed by atoms with Gasteiger partial charge in [-0.2, -0.15) is 0 Å². The van der Waals surface area contributed by atoms with Gasteiger partial charge in [0.25, 0.3) is 11.3 Å². The maximum absolute atomic E-state index is 10.5. The van der Waals surface area contributed by atoms with Crippen LogP contribution in [-0.2, 0) is 17.8 Å². The zero-order chi connectivity index (χ0) is 8.43. The van der Waals surface area contributed by atoms with Gasteiger partial charge in [0, 0.05) is 12.7 Å². The lowest BCUT2D eigenvalue weighted by Crippen LogP contribution is -2.04. The van der Waals surface area contributed by atoms with E-state index < -0.39 is 11.3 Å². The first-order valence-electron chi connectivity index (χ1n) is 2.93. The van der Waals surface area contributed by atoms with Crippen molar-refractivity contribution in [2.75, 3.05) is 5.73 Å². The van der Waals surface area contributed by atoms with E-state index in [9.17, 15) is 4.21 Å². The normalized spacial score (nSPS) is 13.3. The maximum Gasteiger partial charge on any atom is 0.267 e. The van der Waals surface area contributed by atoms with Gasteiger partial charge in [-0.3, -0.25) is 4.55 Å². The summed E-state index contributed by atoms with van der Waals surface area (Å²) in [5.41, 5.74) is 11.4. The van der Waals surface area contributed by atoms with Gasteiger partial charge in [0.05, 0.1) is 0 Å². The van der Waals surface area contributed by atoms with Gasteiger partial charge in [-0.05, 0) is 11.6 Å². The Morgan fingerprint density at radius 1 is 1.73 bits per heavy atom. The third-order valence-corrected chi connectivity index (χ3v) is 1.93. The molecule has 0 spiro atoms. The minimum atomic E-state index is -2.09. The Morgan fingerprint density at radius 3 is 2.64 bits per heavy atom. The van der Waals surface area contributed by atoms with E-state index in [-0.39, 0.29) is 5.82 Å². The van der Waals surface area contributed by atoms with Crippen molar-refractivity contribution in [3.05, 3.63) is 17.8 Å². The molecule has 11 heavy (non-hydrogen) atoms. The van der Waals surface area contributed by atoms with Crippen molar-refractivity contribution in [2.24, 2.45) is 5.73 Å². The highest BCUT2D eigenvalue weighted by atomic mass is 32.2. The Bertz CT molecular complexity index is 283. The summed E-state index contributed by atoms with van der Waals surface area (Å²) in [5, 5.41) is 0. The molecule has 0 bridgehead atoms. The monoisotopic (exact) mass is 175 g/mol.